The minimum atomic E-state index is 0.0603. The molecule has 0 radical (unpaired) electrons. The van der Waals surface area contributed by atoms with Gasteiger partial charge < -0.3 is 9.64 Å². The van der Waals surface area contributed by atoms with Gasteiger partial charge in [-0.2, -0.15) is 5.10 Å². The third kappa shape index (κ3) is 2.33. The van der Waals surface area contributed by atoms with Crippen LogP contribution in [0.4, 0.5) is 0 Å². The molecule has 1 aliphatic rings. The number of hydrogen-bond donors (Lipinski definition) is 1. The highest BCUT2D eigenvalue weighted by atomic mass is 16.5. The zero-order chi connectivity index (χ0) is 13.4. The van der Waals surface area contributed by atoms with Crippen molar-refractivity contribution in [3.63, 3.8) is 0 Å². The molecule has 1 aliphatic heterocycles. The number of carbonyl (C=O) groups is 1. The van der Waals surface area contributed by atoms with Crippen molar-refractivity contribution in [2.24, 2.45) is 0 Å². The fourth-order valence-corrected chi connectivity index (χ4v) is 2.60. The van der Waals surface area contributed by atoms with Gasteiger partial charge in [-0.05, 0) is 32.0 Å². The Morgan fingerprint density at radius 2 is 2.11 bits per heavy atom. The third-order valence-corrected chi connectivity index (χ3v) is 3.39. The molecule has 19 heavy (non-hydrogen) atoms. The molecule has 5 heteroatoms. The summed E-state index contributed by atoms with van der Waals surface area (Å²) in [5.41, 5.74) is 1.65. The molecule has 1 aromatic heterocycles. The van der Waals surface area contributed by atoms with E-state index in [2.05, 4.69) is 10.2 Å². The van der Waals surface area contributed by atoms with Gasteiger partial charge in [0, 0.05) is 24.0 Å². The summed E-state index contributed by atoms with van der Waals surface area (Å²) in [5.74, 6) is 0.0603. The molecule has 1 amide bonds. The Hall–Kier alpha value is -1.88. The molecule has 2 unspecified atom stereocenters. The SMILES string of the molecule is CC1CN(C(=O)c2ccc3[nH]ncc3c2)CC(C)O1. The normalized spacial score (nSPS) is 23.8. The van der Waals surface area contributed by atoms with Crippen LogP contribution in [0.15, 0.2) is 24.4 Å². The van der Waals surface area contributed by atoms with E-state index in [1.807, 2.05) is 36.9 Å². The Morgan fingerprint density at radius 1 is 1.37 bits per heavy atom. The number of benzene rings is 1. The summed E-state index contributed by atoms with van der Waals surface area (Å²) in [5, 5.41) is 7.81. The second kappa shape index (κ2) is 4.66. The van der Waals surface area contributed by atoms with Gasteiger partial charge in [-0.3, -0.25) is 9.89 Å². The molecular weight excluding hydrogens is 242 g/mol. The van der Waals surface area contributed by atoms with Gasteiger partial charge in [0.2, 0.25) is 0 Å². The first-order valence-electron chi connectivity index (χ1n) is 6.51. The number of aromatic nitrogens is 2. The summed E-state index contributed by atoms with van der Waals surface area (Å²) in [6.45, 7) is 5.28. The first-order valence-corrected chi connectivity index (χ1v) is 6.51. The Labute approximate surface area is 111 Å². The highest BCUT2D eigenvalue weighted by Crippen LogP contribution is 2.17. The van der Waals surface area contributed by atoms with E-state index in [0.717, 1.165) is 10.9 Å². The fourth-order valence-electron chi connectivity index (χ4n) is 2.60. The summed E-state index contributed by atoms with van der Waals surface area (Å²) in [4.78, 5) is 14.4. The van der Waals surface area contributed by atoms with Gasteiger partial charge in [0.15, 0.2) is 0 Å². The lowest BCUT2D eigenvalue weighted by Gasteiger charge is -2.35. The maximum atomic E-state index is 12.5. The predicted molar refractivity (Wildman–Crippen MR) is 72.0 cm³/mol. The van der Waals surface area contributed by atoms with E-state index >= 15 is 0 Å². The molecule has 0 spiro atoms. The van der Waals surface area contributed by atoms with Crippen LogP contribution in [0, 0.1) is 0 Å². The van der Waals surface area contributed by atoms with E-state index in [1.165, 1.54) is 0 Å². The quantitative estimate of drug-likeness (QED) is 0.849. The smallest absolute Gasteiger partial charge is 0.254 e. The van der Waals surface area contributed by atoms with Gasteiger partial charge in [-0.25, -0.2) is 0 Å². The maximum Gasteiger partial charge on any atom is 0.254 e. The van der Waals surface area contributed by atoms with E-state index in [4.69, 9.17) is 4.74 Å². The second-order valence-corrected chi connectivity index (χ2v) is 5.14. The molecule has 2 aromatic rings. The van der Waals surface area contributed by atoms with E-state index in [-0.39, 0.29) is 18.1 Å². The largest absolute Gasteiger partial charge is 0.372 e. The van der Waals surface area contributed by atoms with Crippen LogP contribution in [0.5, 0.6) is 0 Å². The zero-order valence-electron chi connectivity index (χ0n) is 11.1. The minimum absolute atomic E-state index is 0.0603. The topological polar surface area (TPSA) is 58.2 Å². The number of hydrogen-bond acceptors (Lipinski definition) is 3. The lowest BCUT2D eigenvalue weighted by molar-refractivity contribution is -0.0586. The van der Waals surface area contributed by atoms with Crippen LogP contribution >= 0.6 is 0 Å². The van der Waals surface area contributed by atoms with Crippen molar-refractivity contribution in [2.75, 3.05) is 13.1 Å². The highest BCUT2D eigenvalue weighted by molar-refractivity contribution is 5.97. The number of morpholine rings is 1. The van der Waals surface area contributed by atoms with Crippen LogP contribution in [-0.2, 0) is 4.74 Å². The number of nitrogens with zero attached hydrogens (tertiary/aromatic N) is 2. The van der Waals surface area contributed by atoms with Crippen molar-refractivity contribution in [1.29, 1.82) is 0 Å². The van der Waals surface area contributed by atoms with Crippen LogP contribution in [0.1, 0.15) is 24.2 Å². The molecule has 1 aromatic carbocycles. The molecule has 2 heterocycles. The molecule has 100 valence electrons. The monoisotopic (exact) mass is 259 g/mol. The van der Waals surface area contributed by atoms with Crippen molar-refractivity contribution >= 4 is 16.8 Å². The lowest BCUT2D eigenvalue weighted by atomic mass is 10.1. The van der Waals surface area contributed by atoms with E-state index in [1.54, 1.807) is 6.20 Å². The van der Waals surface area contributed by atoms with Gasteiger partial charge in [0.25, 0.3) is 5.91 Å². The predicted octanol–water partition coefficient (Wildman–Crippen LogP) is 1.81. The van der Waals surface area contributed by atoms with Gasteiger partial charge in [-0.15, -0.1) is 0 Å². The van der Waals surface area contributed by atoms with Crippen molar-refractivity contribution in [2.45, 2.75) is 26.1 Å². The first-order chi connectivity index (χ1) is 9.13. The Kier molecular flexibility index (Phi) is 2.98. The molecular formula is C14H17N3O2. The number of carbonyl (C=O) groups excluding carboxylic acids is 1. The Balaban J connectivity index is 1.86. The molecule has 5 nitrogen and oxygen atoms in total. The summed E-state index contributed by atoms with van der Waals surface area (Å²) >= 11 is 0. The summed E-state index contributed by atoms with van der Waals surface area (Å²) in [6, 6.07) is 5.61. The van der Waals surface area contributed by atoms with Crippen molar-refractivity contribution in [3.05, 3.63) is 30.0 Å². The first kappa shape index (κ1) is 12.2. The van der Waals surface area contributed by atoms with Gasteiger partial charge in [-0.1, -0.05) is 0 Å². The van der Waals surface area contributed by atoms with Gasteiger partial charge in [0.1, 0.15) is 0 Å². The summed E-state index contributed by atoms with van der Waals surface area (Å²) < 4.78 is 5.65. The third-order valence-electron chi connectivity index (χ3n) is 3.39. The van der Waals surface area contributed by atoms with E-state index in [0.29, 0.717) is 18.7 Å². The van der Waals surface area contributed by atoms with Crippen LogP contribution < -0.4 is 0 Å². The molecule has 1 fully saturated rings. The van der Waals surface area contributed by atoms with E-state index in [9.17, 15) is 4.79 Å². The molecule has 1 saturated heterocycles. The zero-order valence-corrected chi connectivity index (χ0v) is 11.1. The molecule has 0 saturated carbocycles. The average molecular weight is 259 g/mol. The summed E-state index contributed by atoms with van der Waals surface area (Å²) in [6.07, 6.45) is 1.91. The van der Waals surface area contributed by atoms with Crippen LogP contribution in [0.3, 0.4) is 0 Å². The molecule has 2 atom stereocenters. The standard InChI is InChI=1S/C14H17N3O2/c1-9-7-17(8-10(2)19-9)14(18)11-3-4-13-12(5-11)6-15-16-13/h3-6,9-10H,7-8H2,1-2H3,(H,15,16). The van der Waals surface area contributed by atoms with Crippen molar-refractivity contribution < 1.29 is 9.53 Å². The van der Waals surface area contributed by atoms with Crippen molar-refractivity contribution in [3.8, 4) is 0 Å². The van der Waals surface area contributed by atoms with Crippen molar-refractivity contribution in [1.82, 2.24) is 15.1 Å². The number of rotatable bonds is 1. The average Bonchev–Trinajstić information content (AvgIpc) is 2.83. The second-order valence-electron chi connectivity index (χ2n) is 5.14. The molecule has 0 aliphatic carbocycles. The Morgan fingerprint density at radius 3 is 2.84 bits per heavy atom. The van der Waals surface area contributed by atoms with Gasteiger partial charge >= 0.3 is 0 Å². The van der Waals surface area contributed by atoms with E-state index < -0.39 is 0 Å². The number of aromatic amines is 1. The summed E-state index contributed by atoms with van der Waals surface area (Å²) in [7, 11) is 0. The molecule has 0 bridgehead atoms. The van der Waals surface area contributed by atoms with Gasteiger partial charge in [0.05, 0.1) is 23.9 Å². The minimum Gasteiger partial charge on any atom is -0.372 e. The number of H-pyrrole nitrogens is 1. The number of nitrogens with one attached hydrogen (secondary N) is 1. The number of fused-ring (bicyclic) bond motifs is 1. The fraction of sp³-hybridized carbons (Fsp3) is 0.429. The highest BCUT2D eigenvalue weighted by Gasteiger charge is 2.26. The lowest BCUT2D eigenvalue weighted by Crippen LogP contribution is -2.48. The van der Waals surface area contributed by atoms with Crippen LogP contribution in [-0.4, -0.2) is 46.3 Å². The van der Waals surface area contributed by atoms with Crippen LogP contribution in [0.2, 0.25) is 0 Å². The molecule has 3 rings (SSSR count). The number of ether oxygens (including phenoxy) is 1. The van der Waals surface area contributed by atoms with Crippen LogP contribution in [0.25, 0.3) is 10.9 Å². The number of amides is 1. The Bertz CT molecular complexity index is 598. The maximum absolute atomic E-state index is 12.5. The molecule has 1 N–H and O–H groups in total.